The predicted octanol–water partition coefficient (Wildman–Crippen LogP) is 4.77. The topological polar surface area (TPSA) is 41.1 Å². The summed E-state index contributed by atoms with van der Waals surface area (Å²) in [5.74, 6) is -0.0628. The Balaban J connectivity index is 1.75. The second-order valence-corrected chi connectivity index (χ2v) is 6.57. The Kier molecular flexibility index (Phi) is 5.82. The van der Waals surface area contributed by atoms with Crippen LogP contribution in [0.25, 0.3) is 0 Å². The van der Waals surface area contributed by atoms with Crippen LogP contribution in [-0.4, -0.2) is 5.91 Å². The summed E-state index contributed by atoms with van der Waals surface area (Å²) >= 11 is 0. The molecule has 0 aliphatic carbocycles. The molecule has 0 aliphatic heterocycles. The minimum absolute atomic E-state index is 0.0628. The van der Waals surface area contributed by atoms with E-state index in [0.29, 0.717) is 6.54 Å². The van der Waals surface area contributed by atoms with Gasteiger partial charge in [0.15, 0.2) is 0 Å². The number of nitrogens with one attached hydrogen (secondary N) is 2. The maximum Gasteiger partial charge on any atom is 0.246 e. The van der Waals surface area contributed by atoms with Crippen molar-refractivity contribution in [3.63, 3.8) is 0 Å². The summed E-state index contributed by atoms with van der Waals surface area (Å²) in [7, 11) is 0. The zero-order valence-electron chi connectivity index (χ0n) is 15.2. The Hall–Kier alpha value is -2.91. The molecule has 3 rings (SSSR count). The van der Waals surface area contributed by atoms with E-state index in [4.69, 9.17) is 0 Å². The van der Waals surface area contributed by atoms with Crippen molar-refractivity contribution >= 4 is 11.6 Å². The Labute approximate surface area is 155 Å². The molecule has 2 N–H and O–H groups in total. The monoisotopic (exact) mass is 344 g/mol. The van der Waals surface area contributed by atoms with E-state index in [-0.39, 0.29) is 5.91 Å². The Morgan fingerprint density at radius 3 is 2.00 bits per heavy atom. The van der Waals surface area contributed by atoms with Crippen LogP contribution in [0.1, 0.15) is 28.3 Å². The third-order valence-electron chi connectivity index (χ3n) is 4.35. The Morgan fingerprint density at radius 2 is 1.38 bits per heavy atom. The zero-order valence-corrected chi connectivity index (χ0v) is 15.2. The summed E-state index contributed by atoms with van der Waals surface area (Å²) < 4.78 is 0. The van der Waals surface area contributed by atoms with Gasteiger partial charge in [-0.3, -0.25) is 10.1 Å². The van der Waals surface area contributed by atoms with Crippen molar-refractivity contribution in [1.29, 1.82) is 0 Å². The average Bonchev–Trinajstić information content (AvgIpc) is 2.66. The molecule has 0 saturated carbocycles. The number of hydrogen-bond acceptors (Lipinski definition) is 2. The van der Waals surface area contributed by atoms with Crippen molar-refractivity contribution in [3.8, 4) is 0 Å². The van der Waals surface area contributed by atoms with Gasteiger partial charge < -0.3 is 5.32 Å². The summed E-state index contributed by atoms with van der Waals surface area (Å²) in [4.78, 5) is 12.9. The highest BCUT2D eigenvalue weighted by Gasteiger charge is 2.20. The van der Waals surface area contributed by atoms with Crippen molar-refractivity contribution < 1.29 is 4.79 Å². The van der Waals surface area contributed by atoms with Gasteiger partial charge in [-0.25, -0.2) is 0 Å². The molecule has 26 heavy (non-hydrogen) atoms. The normalized spacial score (nSPS) is 11.8. The van der Waals surface area contributed by atoms with Crippen LogP contribution in [0, 0.1) is 13.8 Å². The zero-order chi connectivity index (χ0) is 18.4. The first kappa shape index (κ1) is 17.9. The van der Waals surface area contributed by atoms with Crippen molar-refractivity contribution in [1.82, 2.24) is 5.32 Å². The molecule has 0 aromatic heterocycles. The van der Waals surface area contributed by atoms with Gasteiger partial charge in [0.2, 0.25) is 5.91 Å². The van der Waals surface area contributed by atoms with Crippen molar-refractivity contribution in [2.45, 2.75) is 26.4 Å². The summed E-state index contributed by atoms with van der Waals surface area (Å²) in [5, 5.41) is 6.40. The second kappa shape index (κ2) is 8.45. The summed E-state index contributed by atoms with van der Waals surface area (Å²) in [6.45, 7) is 4.72. The Bertz CT molecular complexity index is 840. The lowest BCUT2D eigenvalue weighted by atomic mass is 10.0. The third-order valence-corrected chi connectivity index (χ3v) is 4.35. The van der Waals surface area contributed by atoms with Crippen molar-refractivity contribution in [2.75, 3.05) is 5.32 Å². The largest absolute Gasteiger partial charge is 0.324 e. The molecular formula is C23H24N2O. The minimum atomic E-state index is -0.418. The molecular weight excluding hydrogens is 320 g/mol. The van der Waals surface area contributed by atoms with Crippen LogP contribution in [0.3, 0.4) is 0 Å². The van der Waals surface area contributed by atoms with Gasteiger partial charge in [0.1, 0.15) is 6.04 Å². The van der Waals surface area contributed by atoms with E-state index < -0.39 is 6.04 Å². The summed E-state index contributed by atoms with van der Waals surface area (Å²) in [6.07, 6.45) is 0. The molecule has 3 nitrogen and oxygen atoms in total. The lowest BCUT2D eigenvalue weighted by Gasteiger charge is -2.19. The predicted molar refractivity (Wildman–Crippen MR) is 107 cm³/mol. The van der Waals surface area contributed by atoms with E-state index in [1.807, 2.05) is 61.5 Å². The number of hydrogen-bond donors (Lipinski definition) is 2. The van der Waals surface area contributed by atoms with Gasteiger partial charge in [-0.05, 0) is 37.1 Å². The molecule has 3 aromatic carbocycles. The van der Waals surface area contributed by atoms with Crippen LogP contribution in [0.2, 0.25) is 0 Å². The van der Waals surface area contributed by atoms with E-state index in [9.17, 15) is 4.79 Å². The highest BCUT2D eigenvalue weighted by Crippen LogP contribution is 2.17. The van der Waals surface area contributed by atoms with Gasteiger partial charge in [0.05, 0.1) is 0 Å². The number of rotatable bonds is 6. The first-order valence-corrected chi connectivity index (χ1v) is 8.83. The first-order chi connectivity index (χ1) is 12.6. The summed E-state index contributed by atoms with van der Waals surface area (Å²) in [6, 6.07) is 25.6. The molecule has 1 atom stereocenters. The van der Waals surface area contributed by atoms with Crippen LogP contribution in [0.5, 0.6) is 0 Å². The number of amides is 1. The summed E-state index contributed by atoms with van der Waals surface area (Å²) in [5.41, 5.74) is 5.30. The number of benzene rings is 3. The molecule has 0 aliphatic rings. The van der Waals surface area contributed by atoms with Crippen molar-refractivity contribution in [2.24, 2.45) is 0 Å². The molecule has 0 saturated heterocycles. The van der Waals surface area contributed by atoms with E-state index in [2.05, 4.69) is 41.8 Å². The lowest BCUT2D eigenvalue weighted by Crippen LogP contribution is -2.32. The van der Waals surface area contributed by atoms with Gasteiger partial charge in [-0.15, -0.1) is 0 Å². The standard InChI is InChI=1S/C23H24N2O/c1-17-8-12-19(13-9-17)16-24-22(20-6-4-3-5-7-20)23(26)25-21-14-10-18(2)11-15-21/h3-15,22,24H,16H2,1-2H3,(H,25,26)/t22-/m1/s1. The fraction of sp³-hybridized carbons (Fsp3) is 0.174. The molecule has 3 aromatic rings. The van der Waals surface area contributed by atoms with Crippen LogP contribution in [0.4, 0.5) is 5.69 Å². The minimum Gasteiger partial charge on any atom is -0.324 e. The Morgan fingerprint density at radius 1 is 0.808 bits per heavy atom. The molecule has 0 spiro atoms. The number of aryl methyl sites for hydroxylation is 2. The van der Waals surface area contributed by atoms with Crippen molar-refractivity contribution in [3.05, 3.63) is 101 Å². The maximum absolute atomic E-state index is 12.9. The van der Waals surface area contributed by atoms with Crippen LogP contribution >= 0.6 is 0 Å². The van der Waals surface area contributed by atoms with Gasteiger partial charge in [0, 0.05) is 12.2 Å². The molecule has 0 bridgehead atoms. The maximum atomic E-state index is 12.9. The van der Waals surface area contributed by atoms with Gasteiger partial charge in [-0.1, -0.05) is 77.9 Å². The molecule has 1 amide bonds. The van der Waals surface area contributed by atoms with Crippen LogP contribution in [0.15, 0.2) is 78.9 Å². The molecule has 0 fully saturated rings. The smallest absolute Gasteiger partial charge is 0.246 e. The first-order valence-electron chi connectivity index (χ1n) is 8.83. The second-order valence-electron chi connectivity index (χ2n) is 6.57. The molecule has 0 unspecified atom stereocenters. The molecule has 0 radical (unpaired) electrons. The van der Waals surface area contributed by atoms with Crippen LogP contribution in [-0.2, 0) is 11.3 Å². The van der Waals surface area contributed by atoms with Gasteiger partial charge >= 0.3 is 0 Å². The van der Waals surface area contributed by atoms with E-state index in [1.54, 1.807) is 0 Å². The molecule has 3 heteroatoms. The fourth-order valence-corrected chi connectivity index (χ4v) is 2.78. The van der Waals surface area contributed by atoms with Crippen LogP contribution < -0.4 is 10.6 Å². The lowest BCUT2D eigenvalue weighted by molar-refractivity contribution is -0.118. The SMILES string of the molecule is Cc1ccc(CN[C@@H](C(=O)Nc2ccc(C)cc2)c2ccccc2)cc1. The number of carbonyl (C=O) groups excluding carboxylic acids is 1. The third kappa shape index (κ3) is 4.80. The fourth-order valence-electron chi connectivity index (χ4n) is 2.78. The van der Waals surface area contributed by atoms with Gasteiger partial charge in [-0.2, -0.15) is 0 Å². The van der Waals surface area contributed by atoms with Gasteiger partial charge in [0.25, 0.3) is 0 Å². The quantitative estimate of drug-likeness (QED) is 0.676. The molecule has 132 valence electrons. The number of carbonyl (C=O) groups is 1. The highest BCUT2D eigenvalue weighted by atomic mass is 16.2. The highest BCUT2D eigenvalue weighted by molar-refractivity contribution is 5.95. The molecule has 0 heterocycles. The average molecular weight is 344 g/mol. The number of anilines is 1. The van der Waals surface area contributed by atoms with E-state index in [1.165, 1.54) is 11.1 Å². The van der Waals surface area contributed by atoms with E-state index >= 15 is 0 Å². The van der Waals surface area contributed by atoms with E-state index in [0.717, 1.165) is 16.8 Å².